The van der Waals surface area contributed by atoms with Crippen molar-refractivity contribution in [3.8, 4) is 0 Å². The van der Waals surface area contributed by atoms with Crippen LogP contribution < -0.4 is 5.32 Å². The van der Waals surface area contributed by atoms with Gasteiger partial charge in [0, 0.05) is 36.9 Å². The van der Waals surface area contributed by atoms with Gasteiger partial charge in [-0.15, -0.1) is 0 Å². The molecule has 0 bridgehead atoms. The molecule has 0 spiro atoms. The van der Waals surface area contributed by atoms with Crippen molar-refractivity contribution in [2.75, 3.05) is 0 Å². The third-order valence-electron chi connectivity index (χ3n) is 4.77. The molecular formula is C22H25NO2S2. The highest BCUT2D eigenvalue weighted by Crippen LogP contribution is 2.37. The first kappa shape index (κ1) is 19.8. The van der Waals surface area contributed by atoms with Crippen molar-refractivity contribution in [2.24, 2.45) is 5.92 Å². The molecule has 0 fully saturated rings. The molecule has 1 heterocycles. The van der Waals surface area contributed by atoms with E-state index in [1.54, 1.807) is 0 Å². The zero-order valence-electron chi connectivity index (χ0n) is 16.3. The molecule has 5 heteroatoms. The van der Waals surface area contributed by atoms with Gasteiger partial charge in [-0.3, -0.25) is 0 Å². The number of nitrogens with one attached hydrogen (secondary N) is 1. The van der Waals surface area contributed by atoms with Gasteiger partial charge >= 0.3 is 0 Å². The summed E-state index contributed by atoms with van der Waals surface area (Å²) >= 11 is 0. The highest BCUT2D eigenvalue weighted by molar-refractivity contribution is 7.90. The van der Waals surface area contributed by atoms with Crippen LogP contribution in [-0.2, 0) is 21.6 Å². The van der Waals surface area contributed by atoms with Crippen molar-refractivity contribution in [3.63, 3.8) is 0 Å². The van der Waals surface area contributed by atoms with E-state index >= 15 is 0 Å². The van der Waals surface area contributed by atoms with E-state index in [1.807, 2.05) is 83.1 Å². The fourth-order valence-corrected chi connectivity index (χ4v) is 6.24. The summed E-state index contributed by atoms with van der Waals surface area (Å²) in [6, 6.07) is 15.5. The summed E-state index contributed by atoms with van der Waals surface area (Å²) in [5.41, 5.74) is 4.02. The summed E-state index contributed by atoms with van der Waals surface area (Å²) in [7, 11) is -2.60. The summed E-state index contributed by atoms with van der Waals surface area (Å²) in [6.45, 7) is 9.89. The predicted octanol–water partition coefficient (Wildman–Crippen LogP) is 4.92. The SMILES string of the molecule is CC1=C(S(=O)c2ccc(C)cc2)C(C)C(S(=O)c2ccc(C)cc2)=C(C)N1. The zero-order valence-corrected chi connectivity index (χ0v) is 18.0. The Morgan fingerprint density at radius 2 is 1.00 bits per heavy atom. The molecule has 0 aromatic heterocycles. The molecule has 0 saturated heterocycles. The molecule has 0 aliphatic carbocycles. The van der Waals surface area contributed by atoms with E-state index in [0.717, 1.165) is 42.1 Å². The van der Waals surface area contributed by atoms with E-state index in [4.69, 9.17) is 0 Å². The molecule has 1 aliphatic rings. The molecule has 142 valence electrons. The minimum absolute atomic E-state index is 0.171. The van der Waals surface area contributed by atoms with Gasteiger partial charge in [-0.05, 0) is 52.0 Å². The van der Waals surface area contributed by atoms with Crippen LogP contribution in [-0.4, -0.2) is 8.42 Å². The first-order valence-corrected chi connectivity index (χ1v) is 11.2. The minimum Gasteiger partial charge on any atom is -0.361 e. The number of benzene rings is 2. The molecule has 27 heavy (non-hydrogen) atoms. The van der Waals surface area contributed by atoms with Crippen LogP contribution >= 0.6 is 0 Å². The van der Waals surface area contributed by atoms with Crippen molar-refractivity contribution < 1.29 is 8.42 Å². The van der Waals surface area contributed by atoms with Gasteiger partial charge in [-0.2, -0.15) is 0 Å². The standard InChI is InChI=1S/C22H25NO2S2/c1-14-6-10-19(11-7-14)26(24)21-16(3)22(18(5)23-17(21)4)27(25)20-12-8-15(2)9-13-20/h6-13,16,23H,1-5H3. The molecule has 3 rings (SSSR count). The molecule has 0 radical (unpaired) electrons. The molecule has 3 nitrogen and oxygen atoms in total. The monoisotopic (exact) mass is 399 g/mol. The molecule has 2 atom stereocenters. The molecule has 2 aromatic carbocycles. The number of hydrogen-bond donors (Lipinski definition) is 1. The Kier molecular flexibility index (Phi) is 5.82. The number of rotatable bonds is 4. The van der Waals surface area contributed by atoms with Crippen molar-refractivity contribution in [1.82, 2.24) is 5.32 Å². The lowest BCUT2D eigenvalue weighted by atomic mass is 10.1. The lowest BCUT2D eigenvalue weighted by molar-refractivity contribution is 0.669. The highest BCUT2D eigenvalue weighted by Gasteiger charge is 2.32. The van der Waals surface area contributed by atoms with Gasteiger partial charge in [0.1, 0.15) is 0 Å². The maximum atomic E-state index is 13.3. The summed E-state index contributed by atoms with van der Waals surface area (Å²) in [4.78, 5) is 3.12. The Bertz CT molecular complexity index is 891. The summed E-state index contributed by atoms with van der Waals surface area (Å²) < 4.78 is 26.6. The lowest BCUT2D eigenvalue weighted by Gasteiger charge is -2.29. The Morgan fingerprint density at radius 1 is 0.667 bits per heavy atom. The quantitative estimate of drug-likeness (QED) is 0.794. The third kappa shape index (κ3) is 3.99. The van der Waals surface area contributed by atoms with E-state index in [1.165, 1.54) is 0 Å². The summed E-state index contributed by atoms with van der Waals surface area (Å²) in [5.74, 6) is -0.171. The number of dihydropyridines is 1. The van der Waals surface area contributed by atoms with Crippen molar-refractivity contribution >= 4 is 21.6 Å². The second kappa shape index (κ2) is 7.95. The zero-order chi connectivity index (χ0) is 19.7. The lowest BCUT2D eigenvalue weighted by Crippen LogP contribution is -2.27. The van der Waals surface area contributed by atoms with Gasteiger partial charge in [0.2, 0.25) is 0 Å². The molecule has 0 amide bonds. The Balaban J connectivity index is 1.97. The molecule has 0 saturated carbocycles. The highest BCUT2D eigenvalue weighted by atomic mass is 32.2. The van der Waals surface area contributed by atoms with Gasteiger partial charge in [0.15, 0.2) is 0 Å². The Morgan fingerprint density at radius 3 is 1.33 bits per heavy atom. The molecule has 1 aliphatic heterocycles. The maximum absolute atomic E-state index is 13.3. The van der Waals surface area contributed by atoms with Crippen LogP contribution in [0.25, 0.3) is 0 Å². The molecule has 2 aromatic rings. The fraction of sp³-hybridized carbons (Fsp3) is 0.273. The Hall–Kier alpha value is -1.98. The van der Waals surface area contributed by atoms with Crippen LogP contribution in [0.1, 0.15) is 31.9 Å². The number of hydrogen-bond acceptors (Lipinski definition) is 3. The largest absolute Gasteiger partial charge is 0.361 e. The first-order valence-electron chi connectivity index (χ1n) is 8.95. The number of aryl methyl sites for hydroxylation is 2. The van der Waals surface area contributed by atoms with E-state index in [0.29, 0.717) is 0 Å². The second-order valence-electron chi connectivity index (χ2n) is 6.99. The molecule has 1 N–H and O–H groups in total. The van der Waals surface area contributed by atoms with Gasteiger partial charge in [-0.1, -0.05) is 42.3 Å². The molecule has 2 unspecified atom stereocenters. The number of allylic oxidation sites excluding steroid dienone is 4. The van der Waals surface area contributed by atoms with Crippen molar-refractivity contribution in [2.45, 2.75) is 44.4 Å². The van der Waals surface area contributed by atoms with E-state index in [9.17, 15) is 8.42 Å². The van der Waals surface area contributed by atoms with Crippen LogP contribution in [0.2, 0.25) is 0 Å². The van der Waals surface area contributed by atoms with E-state index < -0.39 is 21.6 Å². The molecular weight excluding hydrogens is 374 g/mol. The van der Waals surface area contributed by atoms with E-state index in [-0.39, 0.29) is 5.92 Å². The van der Waals surface area contributed by atoms with Gasteiger partial charge < -0.3 is 5.32 Å². The first-order chi connectivity index (χ1) is 12.8. The minimum atomic E-state index is -1.30. The van der Waals surface area contributed by atoms with Gasteiger partial charge in [0.05, 0.1) is 21.6 Å². The fourth-order valence-electron chi connectivity index (χ4n) is 3.35. The van der Waals surface area contributed by atoms with Crippen LogP contribution in [0.15, 0.2) is 79.5 Å². The Labute approximate surface area is 166 Å². The summed E-state index contributed by atoms with van der Waals surface area (Å²) in [6.07, 6.45) is 0. The summed E-state index contributed by atoms with van der Waals surface area (Å²) in [5, 5.41) is 3.31. The topological polar surface area (TPSA) is 46.2 Å². The van der Waals surface area contributed by atoms with Crippen LogP contribution in [0.3, 0.4) is 0 Å². The second-order valence-corrected chi connectivity index (χ2v) is 9.89. The van der Waals surface area contributed by atoms with Gasteiger partial charge in [-0.25, -0.2) is 8.42 Å². The average molecular weight is 400 g/mol. The average Bonchev–Trinajstić information content (AvgIpc) is 2.62. The van der Waals surface area contributed by atoms with Crippen molar-refractivity contribution in [3.05, 3.63) is 80.9 Å². The van der Waals surface area contributed by atoms with Crippen LogP contribution in [0, 0.1) is 19.8 Å². The smallest absolute Gasteiger partial charge is 0.0832 e. The normalized spacial score (nSPS) is 19.7. The van der Waals surface area contributed by atoms with Crippen LogP contribution in [0.4, 0.5) is 0 Å². The van der Waals surface area contributed by atoms with Crippen LogP contribution in [0.5, 0.6) is 0 Å². The predicted molar refractivity (Wildman–Crippen MR) is 113 cm³/mol. The van der Waals surface area contributed by atoms with Crippen molar-refractivity contribution in [1.29, 1.82) is 0 Å². The van der Waals surface area contributed by atoms with E-state index in [2.05, 4.69) is 5.32 Å². The maximum Gasteiger partial charge on any atom is 0.0832 e. The third-order valence-corrected chi connectivity index (χ3v) is 8.29. The van der Waals surface area contributed by atoms with Gasteiger partial charge in [0.25, 0.3) is 0 Å².